The summed E-state index contributed by atoms with van der Waals surface area (Å²) >= 11 is 7.35. The number of methoxy groups -OCH3 is 1. The monoisotopic (exact) mass is 403 g/mol. The molecular formula is C18H14ClN3O4S. The van der Waals surface area contributed by atoms with Gasteiger partial charge in [-0.05, 0) is 24.3 Å². The predicted octanol–water partition coefficient (Wildman–Crippen LogP) is 4.20. The first-order valence-corrected chi connectivity index (χ1v) is 8.95. The number of aromatic nitrogens is 1. The van der Waals surface area contributed by atoms with E-state index in [1.54, 1.807) is 13.2 Å². The maximum atomic E-state index is 12.6. The van der Waals surface area contributed by atoms with Crippen LogP contribution in [0.25, 0.3) is 10.2 Å². The summed E-state index contributed by atoms with van der Waals surface area (Å²) in [6.07, 6.45) is 1.69. The molecule has 7 nitrogen and oxygen atoms in total. The molecule has 0 unspecified atom stereocenters. The summed E-state index contributed by atoms with van der Waals surface area (Å²) in [5.41, 5.74) is 0.626. The van der Waals surface area contributed by atoms with Gasteiger partial charge in [0.15, 0.2) is 4.80 Å². The number of allylic oxidation sites excluding steroid dienone is 1. The number of hydrogen-bond donors (Lipinski definition) is 0. The Balaban J connectivity index is 2.16. The zero-order valence-corrected chi connectivity index (χ0v) is 15.8. The van der Waals surface area contributed by atoms with Gasteiger partial charge in [0.05, 0.1) is 32.8 Å². The van der Waals surface area contributed by atoms with Crippen LogP contribution >= 0.6 is 22.9 Å². The van der Waals surface area contributed by atoms with Crippen LogP contribution in [0.3, 0.4) is 0 Å². The lowest BCUT2D eigenvalue weighted by atomic mass is 10.2. The molecule has 3 rings (SSSR count). The highest BCUT2D eigenvalue weighted by molar-refractivity contribution is 7.16. The number of amides is 1. The van der Waals surface area contributed by atoms with Gasteiger partial charge in [-0.2, -0.15) is 4.99 Å². The first-order valence-electron chi connectivity index (χ1n) is 7.76. The minimum Gasteiger partial charge on any atom is -0.497 e. The van der Waals surface area contributed by atoms with Gasteiger partial charge in [-0.1, -0.05) is 29.0 Å². The molecule has 0 aliphatic rings. The Kier molecular flexibility index (Phi) is 5.38. The minimum absolute atomic E-state index is 0.0222. The third-order valence-corrected chi connectivity index (χ3v) is 5.16. The molecule has 0 aliphatic heterocycles. The maximum absolute atomic E-state index is 12.6. The Morgan fingerprint density at radius 3 is 2.85 bits per heavy atom. The van der Waals surface area contributed by atoms with Gasteiger partial charge in [0, 0.05) is 18.7 Å². The fourth-order valence-electron chi connectivity index (χ4n) is 2.51. The van der Waals surface area contributed by atoms with Crippen molar-refractivity contribution in [2.45, 2.75) is 6.54 Å². The predicted molar refractivity (Wildman–Crippen MR) is 105 cm³/mol. The van der Waals surface area contributed by atoms with Crippen LogP contribution in [-0.4, -0.2) is 22.5 Å². The van der Waals surface area contributed by atoms with Crippen molar-refractivity contribution in [2.24, 2.45) is 4.99 Å². The fourth-order valence-corrected chi connectivity index (χ4v) is 3.77. The zero-order chi connectivity index (χ0) is 19.6. The Morgan fingerprint density at radius 1 is 1.41 bits per heavy atom. The van der Waals surface area contributed by atoms with Gasteiger partial charge in [0.2, 0.25) is 0 Å². The molecule has 0 atom stereocenters. The molecule has 1 amide bonds. The van der Waals surface area contributed by atoms with E-state index in [9.17, 15) is 14.9 Å². The van der Waals surface area contributed by atoms with Gasteiger partial charge >= 0.3 is 0 Å². The normalized spacial score (nSPS) is 11.6. The van der Waals surface area contributed by atoms with Crippen molar-refractivity contribution in [2.75, 3.05) is 7.11 Å². The second-order valence-electron chi connectivity index (χ2n) is 5.46. The molecule has 3 aromatic rings. The number of nitro benzene ring substituents is 1. The van der Waals surface area contributed by atoms with Gasteiger partial charge in [0.25, 0.3) is 11.6 Å². The molecule has 2 aromatic carbocycles. The molecule has 0 fully saturated rings. The topological polar surface area (TPSA) is 86.7 Å². The van der Waals surface area contributed by atoms with Gasteiger partial charge in [-0.25, -0.2) is 0 Å². The smallest absolute Gasteiger partial charge is 0.281 e. The highest BCUT2D eigenvalue weighted by Crippen LogP contribution is 2.25. The van der Waals surface area contributed by atoms with Crippen molar-refractivity contribution < 1.29 is 14.5 Å². The number of halogens is 1. The number of ether oxygens (including phenoxy) is 1. The molecule has 0 bridgehead atoms. The van der Waals surface area contributed by atoms with Crippen molar-refractivity contribution in [1.82, 2.24) is 4.57 Å². The molecule has 1 heterocycles. The van der Waals surface area contributed by atoms with Crippen LogP contribution in [0.5, 0.6) is 5.75 Å². The molecular weight excluding hydrogens is 390 g/mol. The van der Waals surface area contributed by atoms with E-state index in [0.717, 1.165) is 16.3 Å². The number of nitro groups is 1. The van der Waals surface area contributed by atoms with Crippen LogP contribution in [0, 0.1) is 10.1 Å². The number of non-ortho nitro benzene ring substituents is 1. The van der Waals surface area contributed by atoms with E-state index < -0.39 is 10.8 Å². The number of carbonyl (C=O) groups is 1. The summed E-state index contributed by atoms with van der Waals surface area (Å²) in [4.78, 5) is 27.6. The number of nitrogens with zero attached hydrogens (tertiary/aromatic N) is 3. The van der Waals surface area contributed by atoms with Crippen LogP contribution < -0.4 is 9.54 Å². The highest BCUT2D eigenvalue weighted by atomic mass is 35.5. The molecule has 1 aromatic heterocycles. The van der Waals surface area contributed by atoms with Crippen LogP contribution in [-0.2, 0) is 6.54 Å². The highest BCUT2D eigenvalue weighted by Gasteiger charge is 2.16. The molecule has 0 radical (unpaired) electrons. The second kappa shape index (κ2) is 7.73. The van der Waals surface area contributed by atoms with Gasteiger partial charge < -0.3 is 9.30 Å². The van der Waals surface area contributed by atoms with Gasteiger partial charge in [0.1, 0.15) is 5.75 Å². The number of fused-ring (bicyclic) bond motifs is 1. The quantitative estimate of drug-likeness (QED) is 0.363. The average Bonchev–Trinajstić information content (AvgIpc) is 2.98. The first-order chi connectivity index (χ1) is 12.9. The van der Waals surface area contributed by atoms with Gasteiger partial charge in [-0.3, -0.25) is 14.9 Å². The van der Waals surface area contributed by atoms with Crippen LogP contribution in [0.1, 0.15) is 10.4 Å². The lowest BCUT2D eigenvalue weighted by molar-refractivity contribution is -0.384. The molecule has 0 aliphatic carbocycles. The third kappa shape index (κ3) is 3.76. The zero-order valence-electron chi connectivity index (χ0n) is 14.2. The van der Waals surface area contributed by atoms with E-state index in [4.69, 9.17) is 16.3 Å². The first kappa shape index (κ1) is 18.8. The Bertz CT molecular complexity index is 1130. The summed E-state index contributed by atoms with van der Waals surface area (Å²) in [6, 6.07) is 9.22. The lowest BCUT2D eigenvalue weighted by Crippen LogP contribution is -2.16. The summed E-state index contributed by atoms with van der Waals surface area (Å²) in [5.74, 6) is 0.0362. The molecule has 138 valence electrons. The standard InChI is InChI=1S/C18H14ClN3O4S/c1-3-8-21-15-7-5-12(26-2)10-16(15)27-18(21)20-17(23)13-9-11(22(24)25)4-6-14(13)19/h3-7,9-10H,1,8H2,2H3. The van der Waals surface area contributed by atoms with Crippen molar-refractivity contribution in [3.05, 3.63) is 74.6 Å². The lowest BCUT2D eigenvalue weighted by Gasteiger charge is -2.03. The summed E-state index contributed by atoms with van der Waals surface area (Å²) in [5, 5.41) is 11.1. The number of rotatable bonds is 5. The molecule has 9 heteroatoms. The van der Waals surface area contributed by atoms with Crippen molar-refractivity contribution in [3.8, 4) is 5.75 Å². The van der Waals surface area contributed by atoms with E-state index in [1.807, 2.05) is 22.8 Å². The summed E-state index contributed by atoms with van der Waals surface area (Å²) in [6.45, 7) is 4.18. The van der Waals surface area contributed by atoms with Crippen molar-refractivity contribution in [1.29, 1.82) is 0 Å². The molecule has 0 saturated carbocycles. The van der Waals surface area contributed by atoms with Crippen LogP contribution in [0.4, 0.5) is 5.69 Å². The van der Waals surface area contributed by atoms with E-state index in [2.05, 4.69) is 11.6 Å². The number of thiazole rings is 1. The molecule has 0 spiro atoms. The molecule has 27 heavy (non-hydrogen) atoms. The maximum Gasteiger partial charge on any atom is 0.281 e. The number of benzene rings is 2. The number of hydrogen-bond acceptors (Lipinski definition) is 5. The summed E-state index contributed by atoms with van der Waals surface area (Å²) in [7, 11) is 1.58. The third-order valence-electron chi connectivity index (χ3n) is 3.79. The van der Waals surface area contributed by atoms with E-state index >= 15 is 0 Å². The van der Waals surface area contributed by atoms with E-state index in [0.29, 0.717) is 17.1 Å². The van der Waals surface area contributed by atoms with Crippen LogP contribution in [0.2, 0.25) is 5.02 Å². The average molecular weight is 404 g/mol. The fraction of sp³-hybridized carbons (Fsp3) is 0.111. The Morgan fingerprint density at radius 2 is 2.19 bits per heavy atom. The number of carbonyl (C=O) groups excluding carboxylic acids is 1. The largest absolute Gasteiger partial charge is 0.497 e. The molecule has 0 saturated heterocycles. The Hall–Kier alpha value is -2.97. The van der Waals surface area contributed by atoms with Crippen molar-refractivity contribution in [3.63, 3.8) is 0 Å². The van der Waals surface area contributed by atoms with E-state index in [-0.39, 0.29) is 16.3 Å². The minimum atomic E-state index is -0.653. The molecule has 0 N–H and O–H groups in total. The second-order valence-corrected chi connectivity index (χ2v) is 6.87. The van der Waals surface area contributed by atoms with Gasteiger partial charge in [-0.15, -0.1) is 6.58 Å². The van der Waals surface area contributed by atoms with Crippen LogP contribution in [0.15, 0.2) is 54.0 Å². The Labute approximate surface area is 163 Å². The SMILES string of the molecule is C=CCn1c(=NC(=O)c2cc([N+](=O)[O-])ccc2Cl)sc2cc(OC)ccc21. The van der Waals surface area contributed by atoms with Crippen molar-refractivity contribution >= 4 is 44.7 Å². The summed E-state index contributed by atoms with van der Waals surface area (Å²) < 4.78 is 7.94. The van der Waals surface area contributed by atoms with E-state index in [1.165, 1.54) is 23.5 Å².